The quantitative estimate of drug-likeness (QED) is 0.133. The van der Waals surface area contributed by atoms with E-state index >= 15 is 0 Å². The van der Waals surface area contributed by atoms with Crippen molar-refractivity contribution < 1.29 is 0 Å². The summed E-state index contributed by atoms with van der Waals surface area (Å²) in [7, 11) is 0. The zero-order valence-electron chi connectivity index (χ0n) is 41.3. The van der Waals surface area contributed by atoms with Gasteiger partial charge in [0, 0.05) is 33.4 Å². The van der Waals surface area contributed by atoms with Crippen LogP contribution in [0.1, 0.15) is 22.3 Å². The second kappa shape index (κ2) is 18.4. The number of nitrogens with zero attached hydrogens (tertiary/aromatic N) is 2. The van der Waals surface area contributed by atoms with Crippen LogP contribution in [0.25, 0.3) is 83.1 Å². The molecule has 0 radical (unpaired) electrons. The Bertz CT molecular complexity index is 4120. The van der Waals surface area contributed by atoms with Crippen molar-refractivity contribution in [3.8, 4) is 61.3 Å². The third-order valence-electron chi connectivity index (χ3n) is 15.5. The molecule has 0 amide bonds. The van der Waals surface area contributed by atoms with Gasteiger partial charge in [-0.2, -0.15) is 0 Å². The van der Waals surface area contributed by atoms with E-state index in [4.69, 9.17) is 0 Å². The Morgan fingerprint density at radius 2 is 0.773 bits per heavy atom. The number of benzene rings is 12. The summed E-state index contributed by atoms with van der Waals surface area (Å²) >= 11 is 0. The summed E-state index contributed by atoms with van der Waals surface area (Å²) in [6.07, 6.45) is 0. The summed E-state index contributed by atoms with van der Waals surface area (Å²) in [6, 6.07) is 111. The lowest BCUT2D eigenvalue weighted by atomic mass is 9.68. The highest BCUT2D eigenvalue weighted by Gasteiger charge is 2.46. The third-order valence-corrected chi connectivity index (χ3v) is 15.5. The SMILES string of the molecule is c1ccc(-c2cc(-c3ccccc3)cc(N(c3ccccc3)c3ccccc3-c3ccccc3-c3ccc4c5ccccc5n(-c5ccc6c(c5)-c5ccccc5C6(c5ccccc5)c5ccccc5)c4c3)c2)cc1. The third kappa shape index (κ3) is 7.33. The summed E-state index contributed by atoms with van der Waals surface area (Å²) in [6.45, 7) is 0. The van der Waals surface area contributed by atoms with Crippen molar-refractivity contribution in [2.24, 2.45) is 0 Å². The maximum Gasteiger partial charge on any atom is 0.0713 e. The molecule has 2 heteroatoms. The standard InChI is InChI=1S/C73H50N2/c1-6-24-51(25-7-1)54-46-55(52-26-8-2-9-27-52)48-60(47-54)74(58-32-14-5-15-33-58)70-40-22-19-37-64(70)62-35-17-16-34-61(62)53-42-44-66-65-38-20-23-41-71(65)75(72(66)49-53)59-43-45-69-67(50-59)63-36-18-21-39-68(63)73(69,56-28-10-3-11-29-56)57-30-12-4-13-31-57/h1-50H. The first kappa shape index (κ1) is 44.0. The molecule has 0 spiro atoms. The molecule has 12 aromatic carbocycles. The molecule has 0 saturated heterocycles. The summed E-state index contributed by atoms with van der Waals surface area (Å²) in [4.78, 5) is 2.43. The van der Waals surface area contributed by atoms with Crippen molar-refractivity contribution >= 4 is 38.9 Å². The molecular formula is C73H50N2. The lowest BCUT2D eigenvalue weighted by Crippen LogP contribution is -2.28. The molecule has 75 heavy (non-hydrogen) atoms. The fourth-order valence-electron chi connectivity index (χ4n) is 12.2. The van der Waals surface area contributed by atoms with Crippen LogP contribution >= 0.6 is 0 Å². The number of rotatable bonds is 10. The maximum absolute atomic E-state index is 2.49. The summed E-state index contributed by atoms with van der Waals surface area (Å²) in [5.41, 5.74) is 23.2. The Labute approximate surface area is 438 Å². The van der Waals surface area contributed by atoms with E-state index in [2.05, 4.69) is 313 Å². The molecule has 0 N–H and O–H groups in total. The Kier molecular flexibility index (Phi) is 10.8. The molecule has 13 aromatic rings. The largest absolute Gasteiger partial charge is 0.310 e. The van der Waals surface area contributed by atoms with E-state index in [-0.39, 0.29) is 0 Å². The van der Waals surface area contributed by atoms with E-state index in [1.54, 1.807) is 0 Å². The first-order chi connectivity index (χ1) is 37.2. The van der Waals surface area contributed by atoms with E-state index in [9.17, 15) is 0 Å². The van der Waals surface area contributed by atoms with Crippen LogP contribution in [0.5, 0.6) is 0 Å². The summed E-state index contributed by atoms with van der Waals surface area (Å²) < 4.78 is 2.49. The molecule has 1 aliphatic rings. The summed E-state index contributed by atoms with van der Waals surface area (Å²) in [5.74, 6) is 0. The fraction of sp³-hybridized carbons (Fsp3) is 0.0137. The highest BCUT2D eigenvalue weighted by molar-refractivity contribution is 6.11. The van der Waals surface area contributed by atoms with Gasteiger partial charge in [-0.1, -0.05) is 243 Å². The van der Waals surface area contributed by atoms with Gasteiger partial charge in [0.2, 0.25) is 0 Å². The van der Waals surface area contributed by atoms with Crippen molar-refractivity contribution in [3.05, 3.63) is 326 Å². The van der Waals surface area contributed by atoms with Crippen molar-refractivity contribution in [1.82, 2.24) is 4.57 Å². The highest BCUT2D eigenvalue weighted by Crippen LogP contribution is 2.57. The monoisotopic (exact) mass is 954 g/mol. The Morgan fingerprint density at radius 1 is 0.267 bits per heavy atom. The Hall–Kier alpha value is -9.76. The van der Waals surface area contributed by atoms with Gasteiger partial charge >= 0.3 is 0 Å². The highest BCUT2D eigenvalue weighted by atomic mass is 15.1. The maximum atomic E-state index is 2.49. The first-order valence-electron chi connectivity index (χ1n) is 25.9. The number of para-hydroxylation sites is 3. The van der Waals surface area contributed by atoms with Crippen LogP contribution in [0.4, 0.5) is 17.1 Å². The van der Waals surface area contributed by atoms with Crippen LogP contribution in [0.2, 0.25) is 0 Å². The van der Waals surface area contributed by atoms with Gasteiger partial charge in [-0.15, -0.1) is 0 Å². The zero-order valence-corrected chi connectivity index (χ0v) is 41.3. The molecule has 0 bridgehead atoms. The molecule has 0 fully saturated rings. The second-order valence-electron chi connectivity index (χ2n) is 19.6. The minimum atomic E-state index is -0.466. The average molecular weight is 955 g/mol. The van der Waals surface area contributed by atoms with Gasteiger partial charge in [0.25, 0.3) is 0 Å². The fourth-order valence-corrected chi connectivity index (χ4v) is 12.2. The molecule has 0 saturated carbocycles. The molecule has 0 unspecified atom stereocenters. The minimum absolute atomic E-state index is 0.466. The molecule has 1 aliphatic carbocycles. The van der Waals surface area contributed by atoms with E-state index in [0.29, 0.717) is 0 Å². The van der Waals surface area contributed by atoms with Crippen LogP contribution < -0.4 is 4.90 Å². The molecule has 0 atom stereocenters. The minimum Gasteiger partial charge on any atom is -0.310 e. The lowest BCUT2D eigenvalue weighted by molar-refractivity contribution is 0.768. The molecule has 1 aromatic heterocycles. The van der Waals surface area contributed by atoms with Crippen molar-refractivity contribution in [1.29, 1.82) is 0 Å². The molecule has 352 valence electrons. The number of hydrogen-bond acceptors (Lipinski definition) is 1. The van der Waals surface area contributed by atoms with Gasteiger partial charge in [-0.05, 0) is 133 Å². The predicted octanol–water partition coefficient (Wildman–Crippen LogP) is 19.3. The number of fused-ring (bicyclic) bond motifs is 6. The summed E-state index contributed by atoms with van der Waals surface area (Å²) in [5, 5.41) is 2.45. The van der Waals surface area contributed by atoms with E-state index in [0.717, 1.165) is 61.6 Å². The van der Waals surface area contributed by atoms with Crippen LogP contribution in [0.15, 0.2) is 303 Å². The van der Waals surface area contributed by atoms with E-state index in [1.807, 2.05) is 0 Å². The zero-order chi connectivity index (χ0) is 49.7. The predicted molar refractivity (Wildman–Crippen MR) is 315 cm³/mol. The Morgan fingerprint density at radius 3 is 1.44 bits per heavy atom. The molecular weight excluding hydrogens is 905 g/mol. The molecule has 2 nitrogen and oxygen atoms in total. The van der Waals surface area contributed by atoms with Gasteiger partial charge in [0.15, 0.2) is 0 Å². The van der Waals surface area contributed by atoms with Crippen LogP contribution in [0, 0.1) is 0 Å². The lowest BCUT2D eigenvalue weighted by Gasteiger charge is -2.33. The number of anilines is 3. The van der Waals surface area contributed by atoms with Crippen molar-refractivity contribution in [2.45, 2.75) is 5.41 Å². The van der Waals surface area contributed by atoms with Gasteiger partial charge < -0.3 is 9.47 Å². The van der Waals surface area contributed by atoms with Crippen molar-refractivity contribution in [3.63, 3.8) is 0 Å². The van der Waals surface area contributed by atoms with E-state index in [1.165, 1.54) is 60.8 Å². The number of aromatic nitrogens is 1. The van der Waals surface area contributed by atoms with Gasteiger partial charge in [0.05, 0.1) is 22.1 Å². The van der Waals surface area contributed by atoms with Gasteiger partial charge in [-0.25, -0.2) is 0 Å². The molecule has 0 aliphatic heterocycles. The normalized spacial score (nSPS) is 12.4. The van der Waals surface area contributed by atoms with Crippen LogP contribution in [-0.4, -0.2) is 4.57 Å². The van der Waals surface area contributed by atoms with Gasteiger partial charge in [0.1, 0.15) is 0 Å². The first-order valence-corrected chi connectivity index (χ1v) is 25.9. The average Bonchev–Trinajstić information content (AvgIpc) is 4.03. The van der Waals surface area contributed by atoms with Crippen LogP contribution in [-0.2, 0) is 5.41 Å². The Balaban J connectivity index is 0.945. The molecule has 14 rings (SSSR count). The van der Waals surface area contributed by atoms with Crippen LogP contribution in [0.3, 0.4) is 0 Å². The molecule has 1 heterocycles. The smallest absolute Gasteiger partial charge is 0.0713 e. The second-order valence-corrected chi connectivity index (χ2v) is 19.6. The van der Waals surface area contributed by atoms with Crippen molar-refractivity contribution in [2.75, 3.05) is 4.90 Å². The van der Waals surface area contributed by atoms with Gasteiger partial charge in [-0.3, -0.25) is 0 Å². The topological polar surface area (TPSA) is 8.17 Å². The van der Waals surface area contributed by atoms with E-state index < -0.39 is 5.41 Å². The number of hydrogen-bond donors (Lipinski definition) is 0.